The van der Waals surface area contributed by atoms with Gasteiger partial charge in [0.1, 0.15) is 5.75 Å². The topological polar surface area (TPSA) is 86.7 Å². The van der Waals surface area contributed by atoms with Crippen molar-refractivity contribution in [2.45, 2.75) is 5.51 Å². The van der Waals surface area contributed by atoms with Gasteiger partial charge in [-0.2, -0.15) is 21.6 Å². The van der Waals surface area contributed by atoms with Gasteiger partial charge in [-0.15, -0.1) is 0 Å². The summed E-state index contributed by atoms with van der Waals surface area (Å²) >= 11 is 0. The number of methoxy groups -OCH3 is 1. The van der Waals surface area contributed by atoms with Crippen LogP contribution in [-0.2, 0) is 14.3 Å². The van der Waals surface area contributed by atoms with Crippen molar-refractivity contribution in [2.75, 3.05) is 7.11 Å². The fourth-order valence-corrected chi connectivity index (χ4v) is 3.08. The molecule has 0 unspecified atom stereocenters. The smallest absolute Gasteiger partial charge is 0.497 e. The number of halogens is 3. The van der Waals surface area contributed by atoms with Gasteiger partial charge in [0.15, 0.2) is 5.78 Å². The van der Waals surface area contributed by atoms with Crippen molar-refractivity contribution in [1.82, 2.24) is 0 Å². The van der Waals surface area contributed by atoms with Gasteiger partial charge in [0, 0.05) is 11.1 Å². The fraction of sp³-hybridized carbons (Fsp3) is 0.111. The standard InChI is InChI=1S/C18H11F3O6S/c1-26-11-8-6-10(7-9-11)14-15(22)12-4-2-3-5-13(12)16(23)17(14)27-28(24,25)18(19,20)21/h2-9H,1H3. The molecule has 0 saturated heterocycles. The summed E-state index contributed by atoms with van der Waals surface area (Å²) < 4.78 is 70.5. The van der Waals surface area contributed by atoms with Crippen LogP contribution in [0.2, 0.25) is 0 Å². The Balaban J connectivity index is 2.25. The summed E-state index contributed by atoms with van der Waals surface area (Å²) in [5.41, 5.74) is -6.68. The lowest BCUT2D eigenvalue weighted by molar-refractivity contribution is -0.0520. The quantitative estimate of drug-likeness (QED) is 0.566. The summed E-state index contributed by atoms with van der Waals surface area (Å²) in [6.07, 6.45) is 0. The Bertz CT molecular complexity index is 1100. The molecule has 0 spiro atoms. The lowest BCUT2D eigenvalue weighted by atomic mass is 9.85. The zero-order valence-electron chi connectivity index (χ0n) is 14.1. The van der Waals surface area contributed by atoms with Crippen LogP contribution in [-0.4, -0.2) is 32.6 Å². The molecule has 146 valence electrons. The molecule has 0 bridgehead atoms. The van der Waals surface area contributed by atoms with Crippen LogP contribution in [0.3, 0.4) is 0 Å². The molecule has 2 aromatic carbocycles. The van der Waals surface area contributed by atoms with Gasteiger partial charge in [0.2, 0.25) is 11.5 Å². The molecular weight excluding hydrogens is 401 g/mol. The molecule has 2 aromatic rings. The molecule has 0 aromatic heterocycles. The van der Waals surface area contributed by atoms with Crippen LogP contribution in [0.1, 0.15) is 26.3 Å². The van der Waals surface area contributed by atoms with Gasteiger partial charge in [0.25, 0.3) is 0 Å². The molecule has 3 rings (SSSR count). The molecule has 10 heteroatoms. The summed E-state index contributed by atoms with van der Waals surface area (Å²) in [5.74, 6) is -2.81. The Hall–Kier alpha value is -3.14. The van der Waals surface area contributed by atoms with Crippen LogP contribution < -0.4 is 4.74 Å². The van der Waals surface area contributed by atoms with E-state index in [0.29, 0.717) is 5.75 Å². The van der Waals surface area contributed by atoms with Crippen molar-refractivity contribution in [2.24, 2.45) is 0 Å². The van der Waals surface area contributed by atoms with Gasteiger partial charge in [-0.3, -0.25) is 9.59 Å². The normalized spacial score (nSPS) is 14.7. The number of ether oxygens (including phenoxy) is 1. The lowest BCUT2D eigenvalue weighted by Gasteiger charge is -2.21. The van der Waals surface area contributed by atoms with Gasteiger partial charge >= 0.3 is 15.6 Å². The Morgan fingerprint density at radius 2 is 1.39 bits per heavy atom. The molecule has 0 radical (unpaired) electrons. The molecule has 0 fully saturated rings. The van der Waals surface area contributed by atoms with Crippen molar-refractivity contribution in [3.05, 3.63) is 71.0 Å². The second kappa shape index (κ2) is 6.79. The minimum Gasteiger partial charge on any atom is -0.497 e. The molecule has 1 aliphatic rings. The number of rotatable bonds is 4. The summed E-state index contributed by atoms with van der Waals surface area (Å²) in [6.45, 7) is 0. The monoisotopic (exact) mass is 412 g/mol. The molecule has 0 amide bonds. The van der Waals surface area contributed by atoms with Crippen LogP contribution in [0.25, 0.3) is 5.57 Å². The first kappa shape index (κ1) is 19.6. The van der Waals surface area contributed by atoms with E-state index in [4.69, 9.17) is 4.74 Å². The molecule has 0 N–H and O–H groups in total. The number of alkyl halides is 3. The van der Waals surface area contributed by atoms with Crippen LogP contribution >= 0.6 is 0 Å². The highest BCUT2D eigenvalue weighted by Gasteiger charge is 2.50. The average molecular weight is 412 g/mol. The summed E-state index contributed by atoms with van der Waals surface area (Å²) in [5, 5.41) is 0. The number of benzene rings is 2. The predicted molar refractivity (Wildman–Crippen MR) is 91.1 cm³/mol. The van der Waals surface area contributed by atoms with E-state index in [1.54, 1.807) is 0 Å². The maximum atomic E-state index is 12.9. The van der Waals surface area contributed by atoms with E-state index in [1.807, 2.05) is 0 Å². The van der Waals surface area contributed by atoms with Gasteiger partial charge in [-0.25, -0.2) is 0 Å². The van der Waals surface area contributed by atoms with Crippen molar-refractivity contribution in [3.63, 3.8) is 0 Å². The number of Topliss-reactive ketones (excluding diaryl/α,β-unsaturated/α-hetero) is 2. The zero-order chi connectivity index (χ0) is 20.7. The zero-order valence-corrected chi connectivity index (χ0v) is 14.9. The van der Waals surface area contributed by atoms with Gasteiger partial charge in [-0.1, -0.05) is 36.4 Å². The van der Waals surface area contributed by atoms with Crippen molar-refractivity contribution in [3.8, 4) is 5.75 Å². The predicted octanol–water partition coefficient (Wildman–Crippen LogP) is 3.35. The summed E-state index contributed by atoms with van der Waals surface area (Å²) in [4.78, 5) is 25.5. The van der Waals surface area contributed by atoms with E-state index < -0.39 is 38.5 Å². The number of carbonyl (C=O) groups is 2. The summed E-state index contributed by atoms with van der Waals surface area (Å²) in [6, 6.07) is 10.8. The first-order valence-corrected chi connectivity index (χ1v) is 9.05. The number of fused-ring (bicyclic) bond motifs is 1. The van der Waals surface area contributed by atoms with E-state index in [2.05, 4.69) is 4.18 Å². The highest BCUT2D eigenvalue weighted by atomic mass is 32.2. The fourth-order valence-electron chi connectivity index (χ4n) is 2.61. The maximum Gasteiger partial charge on any atom is 0.534 e. The van der Waals surface area contributed by atoms with Crippen LogP contribution in [0.5, 0.6) is 5.75 Å². The number of hydrogen-bond acceptors (Lipinski definition) is 6. The molecule has 0 heterocycles. The molecule has 28 heavy (non-hydrogen) atoms. The second-order valence-corrected chi connectivity index (χ2v) is 7.16. The van der Waals surface area contributed by atoms with Gasteiger partial charge < -0.3 is 8.92 Å². The van der Waals surface area contributed by atoms with Gasteiger partial charge in [0.05, 0.1) is 12.7 Å². The van der Waals surface area contributed by atoms with Crippen molar-refractivity contribution < 1.29 is 40.1 Å². The SMILES string of the molecule is COc1ccc(C2=C(OS(=O)(=O)C(F)(F)F)C(=O)c3ccccc3C2=O)cc1. The third-order valence-corrected chi connectivity index (χ3v) is 4.88. The first-order valence-electron chi connectivity index (χ1n) is 7.64. The molecule has 0 atom stereocenters. The van der Waals surface area contributed by atoms with E-state index in [-0.39, 0.29) is 16.7 Å². The molecule has 0 saturated carbocycles. The molecule has 6 nitrogen and oxygen atoms in total. The Morgan fingerprint density at radius 3 is 1.89 bits per heavy atom. The third kappa shape index (κ3) is 3.26. The van der Waals surface area contributed by atoms with Crippen LogP contribution in [0.4, 0.5) is 13.2 Å². The van der Waals surface area contributed by atoms with Crippen molar-refractivity contribution >= 4 is 27.3 Å². The second-order valence-electron chi connectivity index (χ2n) is 5.62. The Labute approximate surface area is 157 Å². The average Bonchev–Trinajstić information content (AvgIpc) is 2.65. The Morgan fingerprint density at radius 1 is 0.857 bits per heavy atom. The van der Waals surface area contributed by atoms with Gasteiger partial charge in [-0.05, 0) is 17.7 Å². The third-order valence-electron chi connectivity index (χ3n) is 3.93. The molecule has 0 aliphatic heterocycles. The van der Waals surface area contributed by atoms with Crippen LogP contribution in [0.15, 0.2) is 54.3 Å². The highest BCUT2D eigenvalue weighted by molar-refractivity contribution is 7.87. The number of carbonyl (C=O) groups excluding carboxylic acids is 2. The highest BCUT2D eigenvalue weighted by Crippen LogP contribution is 2.36. The van der Waals surface area contributed by atoms with Crippen LogP contribution in [0, 0.1) is 0 Å². The molecule has 1 aliphatic carbocycles. The number of hydrogen-bond donors (Lipinski definition) is 0. The van der Waals surface area contributed by atoms with E-state index in [9.17, 15) is 31.2 Å². The number of ketones is 2. The first-order chi connectivity index (χ1) is 13.1. The summed E-state index contributed by atoms with van der Waals surface area (Å²) in [7, 11) is -4.79. The van der Waals surface area contributed by atoms with Crippen molar-refractivity contribution in [1.29, 1.82) is 0 Å². The minimum atomic E-state index is -6.17. The molecular formula is C18H11F3O6S. The maximum absolute atomic E-state index is 12.9. The van der Waals surface area contributed by atoms with E-state index in [1.165, 1.54) is 55.6 Å². The minimum absolute atomic E-state index is 0.000951. The largest absolute Gasteiger partial charge is 0.534 e. The number of allylic oxidation sites excluding steroid dienone is 2. The lowest BCUT2D eigenvalue weighted by Crippen LogP contribution is -2.30. The van der Waals surface area contributed by atoms with E-state index >= 15 is 0 Å². The van der Waals surface area contributed by atoms with E-state index in [0.717, 1.165) is 0 Å². The Kier molecular flexibility index (Phi) is 4.76.